The molecule has 1 saturated heterocycles. The summed E-state index contributed by atoms with van der Waals surface area (Å²) in [5.74, 6) is -1.30. The van der Waals surface area contributed by atoms with Gasteiger partial charge in [0.25, 0.3) is 5.91 Å². The number of hydrogen-bond donors (Lipinski definition) is 2. The number of amides is 3. The van der Waals surface area contributed by atoms with Gasteiger partial charge in [0.15, 0.2) is 0 Å². The van der Waals surface area contributed by atoms with Gasteiger partial charge in [0, 0.05) is 55.1 Å². The average molecular weight is 602 g/mol. The third-order valence-electron chi connectivity index (χ3n) is 6.70. The molecule has 4 rings (SSSR count). The normalized spacial score (nSPS) is 14.0. The average Bonchev–Trinajstić information content (AvgIpc) is 3.39. The summed E-state index contributed by atoms with van der Waals surface area (Å²) in [5.41, 5.74) is 1.70. The van der Waals surface area contributed by atoms with Crippen LogP contribution in [-0.4, -0.2) is 87.8 Å². The molecule has 2 aromatic heterocycles. The molecule has 1 aliphatic rings. The number of carboxylic acid groups (broad SMARTS) is 1. The summed E-state index contributed by atoms with van der Waals surface area (Å²) >= 11 is 6.35. The SMILES string of the molecule is CCOC(=O)N1CCN(C(=O)C(CCC(=O)O)NC(=O)c2cc(OCc3cc(C)on3)c3cc(Cl)c(C)cc3n2)CC1. The first-order chi connectivity index (χ1) is 20.0. The molecule has 3 amide bonds. The maximum Gasteiger partial charge on any atom is 0.409 e. The van der Waals surface area contributed by atoms with Gasteiger partial charge in [-0.15, -0.1) is 0 Å². The van der Waals surface area contributed by atoms with E-state index in [1.165, 1.54) is 15.9 Å². The topological polar surface area (TPSA) is 164 Å². The van der Waals surface area contributed by atoms with Crippen LogP contribution in [0.25, 0.3) is 10.9 Å². The molecule has 1 atom stereocenters. The first-order valence-corrected chi connectivity index (χ1v) is 13.8. The van der Waals surface area contributed by atoms with Crippen molar-refractivity contribution in [3.05, 3.63) is 52.0 Å². The molecule has 3 heterocycles. The van der Waals surface area contributed by atoms with E-state index in [0.717, 1.165) is 5.56 Å². The van der Waals surface area contributed by atoms with Gasteiger partial charge in [-0.05, 0) is 44.9 Å². The summed E-state index contributed by atoms with van der Waals surface area (Å²) in [6.07, 6.45) is -0.931. The van der Waals surface area contributed by atoms with Crippen molar-refractivity contribution in [1.29, 1.82) is 0 Å². The van der Waals surface area contributed by atoms with Crippen LogP contribution in [0.3, 0.4) is 0 Å². The molecular formula is C28H32ClN5O8. The molecule has 42 heavy (non-hydrogen) atoms. The predicted molar refractivity (Wildman–Crippen MR) is 150 cm³/mol. The van der Waals surface area contributed by atoms with Gasteiger partial charge in [-0.25, -0.2) is 9.78 Å². The number of carbonyl (C=O) groups excluding carboxylic acids is 3. The minimum absolute atomic E-state index is 0.0317. The van der Waals surface area contributed by atoms with Gasteiger partial charge in [-0.1, -0.05) is 16.8 Å². The number of pyridine rings is 1. The molecule has 0 bridgehead atoms. The number of carbonyl (C=O) groups is 4. The maximum atomic E-state index is 13.5. The van der Waals surface area contributed by atoms with Crippen molar-refractivity contribution in [1.82, 2.24) is 25.3 Å². The van der Waals surface area contributed by atoms with E-state index in [1.54, 1.807) is 39.0 Å². The van der Waals surface area contributed by atoms with Crippen molar-refractivity contribution in [2.24, 2.45) is 0 Å². The van der Waals surface area contributed by atoms with Crippen LogP contribution in [0.4, 0.5) is 4.79 Å². The van der Waals surface area contributed by atoms with Crippen LogP contribution >= 0.6 is 11.6 Å². The lowest BCUT2D eigenvalue weighted by Gasteiger charge is -2.35. The molecule has 0 aliphatic carbocycles. The highest BCUT2D eigenvalue weighted by Crippen LogP contribution is 2.31. The first kappa shape index (κ1) is 30.6. The van der Waals surface area contributed by atoms with Crippen LogP contribution in [0.15, 0.2) is 28.8 Å². The zero-order valence-electron chi connectivity index (χ0n) is 23.5. The minimum atomic E-state index is -1.13. The summed E-state index contributed by atoms with van der Waals surface area (Å²) in [6.45, 7) is 6.50. The summed E-state index contributed by atoms with van der Waals surface area (Å²) in [5, 5.41) is 16.9. The molecule has 1 unspecified atom stereocenters. The van der Waals surface area contributed by atoms with E-state index in [9.17, 15) is 24.3 Å². The van der Waals surface area contributed by atoms with Crippen molar-refractivity contribution in [3.63, 3.8) is 0 Å². The van der Waals surface area contributed by atoms with E-state index in [4.69, 9.17) is 25.6 Å². The fraction of sp³-hybridized carbons (Fsp3) is 0.429. The zero-order valence-corrected chi connectivity index (χ0v) is 24.3. The number of ether oxygens (including phenoxy) is 2. The highest BCUT2D eigenvalue weighted by molar-refractivity contribution is 6.32. The Morgan fingerprint density at radius 1 is 1.10 bits per heavy atom. The Bertz CT molecular complexity index is 1480. The number of hydrogen-bond acceptors (Lipinski definition) is 9. The number of halogens is 1. The van der Waals surface area contributed by atoms with Crippen LogP contribution in [0.1, 0.15) is 47.3 Å². The number of aliphatic carboxylic acids is 1. The molecular weight excluding hydrogens is 570 g/mol. The van der Waals surface area contributed by atoms with Gasteiger partial charge in [0.05, 0.1) is 12.1 Å². The molecule has 3 aromatic rings. The van der Waals surface area contributed by atoms with Gasteiger partial charge < -0.3 is 34.2 Å². The number of carboxylic acids is 1. The molecule has 0 radical (unpaired) electrons. The van der Waals surface area contributed by atoms with Crippen LogP contribution in [-0.2, 0) is 20.9 Å². The van der Waals surface area contributed by atoms with Crippen molar-refractivity contribution < 1.29 is 38.3 Å². The number of nitrogens with one attached hydrogen (secondary N) is 1. The molecule has 1 aliphatic heterocycles. The van der Waals surface area contributed by atoms with Crippen LogP contribution < -0.4 is 10.1 Å². The van der Waals surface area contributed by atoms with Crippen LogP contribution in [0, 0.1) is 13.8 Å². The fourth-order valence-corrected chi connectivity index (χ4v) is 4.66. The highest BCUT2D eigenvalue weighted by Gasteiger charge is 2.31. The standard InChI is InChI=1S/C28H32ClN5O8/c1-4-40-28(39)34-9-7-33(8-10-34)27(38)21(5-6-25(35)36)31-26(37)23-14-24(41-15-18-12-17(3)42-32-18)19-13-20(29)16(2)11-22(19)30-23/h11-14,21H,4-10,15H2,1-3H3,(H,31,37)(H,35,36). The summed E-state index contributed by atoms with van der Waals surface area (Å²) in [6, 6.07) is 5.44. The van der Waals surface area contributed by atoms with E-state index in [0.29, 0.717) is 33.1 Å². The zero-order chi connectivity index (χ0) is 30.4. The van der Waals surface area contributed by atoms with Crippen molar-refractivity contribution in [3.8, 4) is 5.75 Å². The van der Waals surface area contributed by atoms with Gasteiger partial charge >= 0.3 is 12.1 Å². The minimum Gasteiger partial charge on any atom is -0.486 e. The predicted octanol–water partition coefficient (Wildman–Crippen LogP) is 3.34. The van der Waals surface area contributed by atoms with E-state index in [2.05, 4.69) is 15.5 Å². The second kappa shape index (κ2) is 13.5. The number of benzene rings is 1. The number of fused-ring (bicyclic) bond motifs is 1. The monoisotopic (exact) mass is 601 g/mol. The third kappa shape index (κ3) is 7.46. The molecule has 13 nitrogen and oxygen atoms in total. The van der Waals surface area contributed by atoms with Gasteiger partial charge in [0.1, 0.15) is 35.5 Å². The molecule has 0 spiro atoms. The van der Waals surface area contributed by atoms with E-state index < -0.39 is 29.9 Å². The van der Waals surface area contributed by atoms with Gasteiger partial charge in [-0.3, -0.25) is 14.4 Å². The number of rotatable bonds is 10. The van der Waals surface area contributed by atoms with Gasteiger partial charge in [-0.2, -0.15) is 0 Å². The van der Waals surface area contributed by atoms with E-state index in [1.807, 2.05) is 0 Å². The lowest BCUT2D eigenvalue weighted by Crippen LogP contribution is -2.56. The molecule has 14 heteroatoms. The summed E-state index contributed by atoms with van der Waals surface area (Å²) < 4.78 is 16.1. The maximum absolute atomic E-state index is 13.5. The molecule has 1 fully saturated rings. The summed E-state index contributed by atoms with van der Waals surface area (Å²) in [4.78, 5) is 57.7. The Morgan fingerprint density at radius 3 is 2.45 bits per heavy atom. The Hall–Kier alpha value is -4.39. The quantitative estimate of drug-likeness (QED) is 0.352. The Morgan fingerprint density at radius 2 is 1.81 bits per heavy atom. The third-order valence-corrected chi connectivity index (χ3v) is 7.11. The summed E-state index contributed by atoms with van der Waals surface area (Å²) in [7, 11) is 0. The highest BCUT2D eigenvalue weighted by atomic mass is 35.5. The Balaban J connectivity index is 1.55. The van der Waals surface area contributed by atoms with Crippen molar-refractivity contribution in [2.45, 2.75) is 46.3 Å². The number of nitrogens with zero attached hydrogens (tertiary/aromatic N) is 4. The van der Waals surface area contributed by atoms with Crippen molar-refractivity contribution >= 4 is 46.4 Å². The number of aryl methyl sites for hydroxylation is 2. The molecule has 2 N–H and O–H groups in total. The van der Waals surface area contributed by atoms with Crippen molar-refractivity contribution in [2.75, 3.05) is 32.8 Å². The number of aromatic nitrogens is 2. The molecule has 224 valence electrons. The Labute approximate surface area is 246 Å². The smallest absolute Gasteiger partial charge is 0.409 e. The van der Waals surface area contributed by atoms with E-state index in [-0.39, 0.29) is 57.9 Å². The van der Waals surface area contributed by atoms with E-state index >= 15 is 0 Å². The largest absolute Gasteiger partial charge is 0.486 e. The lowest BCUT2D eigenvalue weighted by atomic mass is 10.1. The fourth-order valence-electron chi connectivity index (χ4n) is 4.50. The molecule has 0 saturated carbocycles. The van der Waals surface area contributed by atoms with Crippen LogP contribution in [0.2, 0.25) is 5.02 Å². The van der Waals surface area contributed by atoms with Crippen LogP contribution in [0.5, 0.6) is 5.75 Å². The first-order valence-electron chi connectivity index (χ1n) is 13.4. The lowest BCUT2D eigenvalue weighted by molar-refractivity contribution is -0.138. The van der Waals surface area contributed by atoms with Gasteiger partial charge in [0.2, 0.25) is 5.91 Å². The Kier molecular flexibility index (Phi) is 9.84. The number of piperazine rings is 1. The second-order valence-corrected chi connectivity index (χ2v) is 10.2. The molecule has 1 aromatic carbocycles. The second-order valence-electron chi connectivity index (χ2n) is 9.81.